The van der Waals surface area contributed by atoms with E-state index in [0.29, 0.717) is 6.54 Å². The van der Waals surface area contributed by atoms with E-state index in [2.05, 4.69) is 21.0 Å². The number of rotatable bonds is 5. The number of hydrogen-bond donors (Lipinski definition) is 1. The van der Waals surface area contributed by atoms with Crippen LogP contribution in [0, 0.1) is 13.8 Å². The van der Waals surface area contributed by atoms with Crippen molar-refractivity contribution >= 4 is 22.6 Å². The van der Waals surface area contributed by atoms with Crippen LogP contribution in [-0.4, -0.2) is 31.1 Å². The van der Waals surface area contributed by atoms with Gasteiger partial charge in [0.1, 0.15) is 0 Å². The second-order valence-electron chi connectivity index (χ2n) is 6.95. The molecule has 0 bridgehead atoms. The molecule has 146 valence electrons. The molecule has 29 heavy (non-hydrogen) atoms. The number of aromatic nitrogens is 3. The van der Waals surface area contributed by atoms with E-state index in [0.717, 1.165) is 38.7 Å². The summed E-state index contributed by atoms with van der Waals surface area (Å²) in [7, 11) is 0. The van der Waals surface area contributed by atoms with E-state index in [1.807, 2.05) is 61.5 Å². The molecule has 0 fully saturated rings. The van der Waals surface area contributed by atoms with Gasteiger partial charge in [0.15, 0.2) is 5.37 Å². The zero-order chi connectivity index (χ0) is 20.4. The second-order valence-corrected chi connectivity index (χ2v) is 8.07. The lowest BCUT2D eigenvalue weighted by molar-refractivity contribution is -0.119. The molecule has 1 atom stereocenters. The molecule has 2 N–H and O–H groups in total. The third-order valence-corrected chi connectivity index (χ3v) is 5.95. The molecule has 4 heterocycles. The molecule has 3 aromatic rings. The van der Waals surface area contributed by atoms with Gasteiger partial charge in [-0.3, -0.25) is 19.7 Å². The number of nitrogens with zero attached hydrogens (tertiary/aromatic N) is 4. The number of carbonyl (C=O) groups is 1. The summed E-state index contributed by atoms with van der Waals surface area (Å²) in [5, 5.41) is -0.463. The van der Waals surface area contributed by atoms with Gasteiger partial charge < -0.3 is 10.6 Å². The van der Waals surface area contributed by atoms with Crippen LogP contribution in [0.1, 0.15) is 22.5 Å². The van der Waals surface area contributed by atoms with Gasteiger partial charge in [-0.2, -0.15) is 0 Å². The predicted molar refractivity (Wildman–Crippen MR) is 115 cm³/mol. The summed E-state index contributed by atoms with van der Waals surface area (Å²) in [5.41, 5.74) is 11.5. The topological polar surface area (TPSA) is 85.0 Å². The van der Waals surface area contributed by atoms with Crippen LogP contribution in [0.15, 0.2) is 61.2 Å². The Morgan fingerprint density at radius 2 is 2.00 bits per heavy atom. The minimum absolute atomic E-state index is 0.370. The highest BCUT2D eigenvalue weighted by atomic mass is 32.2. The number of nitrogens with two attached hydrogens (primary N) is 1. The fourth-order valence-electron chi connectivity index (χ4n) is 3.35. The van der Waals surface area contributed by atoms with Gasteiger partial charge >= 0.3 is 0 Å². The Labute approximate surface area is 173 Å². The Morgan fingerprint density at radius 3 is 2.69 bits per heavy atom. The van der Waals surface area contributed by atoms with Gasteiger partial charge in [-0.1, -0.05) is 23.9 Å². The summed E-state index contributed by atoms with van der Waals surface area (Å²) < 4.78 is 0. The van der Waals surface area contributed by atoms with Crippen LogP contribution in [0.25, 0.3) is 16.2 Å². The van der Waals surface area contributed by atoms with Gasteiger partial charge in [-0.05, 0) is 49.2 Å². The molecule has 0 radical (unpaired) electrons. The van der Waals surface area contributed by atoms with Gasteiger partial charge in [0, 0.05) is 42.6 Å². The summed E-state index contributed by atoms with van der Waals surface area (Å²) in [4.78, 5) is 28.2. The molecular weight excluding hydrogens is 382 g/mol. The lowest BCUT2D eigenvalue weighted by Crippen LogP contribution is -2.36. The summed E-state index contributed by atoms with van der Waals surface area (Å²) in [6.45, 7) is 4.55. The largest absolute Gasteiger partial charge is 0.367 e. The number of thioether (sulfide) groups is 1. The molecule has 6 nitrogen and oxygen atoms in total. The van der Waals surface area contributed by atoms with Gasteiger partial charge in [0.25, 0.3) is 5.91 Å². The van der Waals surface area contributed by atoms with Crippen molar-refractivity contribution in [1.29, 1.82) is 0 Å². The number of carbonyl (C=O) groups excluding carboxylic acids is 1. The number of aryl methyl sites for hydroxylation is 2. The molecule has 0 aromatic carbocycles. The Hall–Kier alpha value is -3.19. The van der Waals surface area contributed by atoms with Crippen LogP contribution in [-0.2, 0) is 11.3 Å². The van der Waals surface area contributed by atoms with Crippen LogP contribution in [0.5, 0.6) is 0 Å². The third-order valence-electron chi connectivity index (χ3n) is 4.65. The van der Waals surface area contributed by atoms with Gasteiger partial charge in [-0.25, -0.2) is 0 Å². The first-order chi connectivity index (χ1) is 14.0. The molecule has 1 amide bonds. The Morgan fingerprint density at radius 1 is 1.14 bits per heavy atom. The number of amides is 1. The zero-order valence-corrected chi connectivity index (χ0v) is 17.1. The van der Waals surface area contributed by atoms with E-state index in [1.54, 1.807) is 12.4 Å². The van der Waals surface area contributed by atoms with Gasteiger partial charge in [0.2, 0.25) is 0 Å². The maximum Gasteiger partial charge on any atom is 0.251 e. The first-order valence-corrected chi connectivity index (χ1v) is 10.1. The Balaban J connectivity index is 1.59. The van der Waals surface area contributed by atoms with Crippen molar-refractivity contribution in [2.24, 2.45) is 5.73 Å². The van der Waals surface area contributed by atoms with Crippen LogP contribution < -0.4 is 5.73 Å². The molecule has 3 aromatic heterocycles. The standard InChI is InChI=1S/C22H21N5OS/c1-14-9-16(11-26-20(14)17-6-8-24-15(2)10-17)12-27-13-19(29-22(27)21(23)28)18-5-3-4-7-25-18/h3-11,13,22H,12H2,1-2H3,(H2,23,28). The van der Waals surface area contributed by atoms with E-state index in [1.165, 1.54) is 11.8 Å². The highest BCUT2D eigenvalue weighted by molar-refractivity contribution is 8.09. The van der Waals surface area contributed by atoms with Crippen LogP contribution in [0.3, 0.4) is 0 Å². The van der Waals surface area contributed by atoms with Crippen molar-refractivity contribution < 1.29 is 4.79 Å². The first kappa shape index (κ1) is 19.1. The van der Waals surface area contributed by atoms with Crippen molar-refractivity contribution in [1.82, 2.24) is 19.9 Å². The van der Waals surface area contributed by atoms with E-state index in [4.69, 9.17) is 5.73 Å². The zero-order valence-electron chi connectivity index (χ0n) is 16.2. The van der Waals surface area contributed by atoms with Crippen molar-refractivity contribution in [3.63, 3.8) is 0 Å². The fourth-order valence-corrected chi connectivity index (χ4v) is 4.41. The molecule has 0 saturated carbocycles. The third kappa shape index (κ3) is 4.14. The molecule has 0 saturated heterocycles. The van der Waals surface area contributed by atoms with E-state index in [-0.39, 0.29) is 5.91 Å². The predicted octanol–water partition coefficient (Wildman–Crippen LogP) is 3.51. The van der Waals surface area contributed by atoms with Crippen molar-refractivity contribution in [3.8, 4) is 11.3 Å². The molecular formula is C22H21N5OS. The normalized spacial score (nSPS) is 16.0. The lowest BCUT2D eigenvalue weighted by atomic mass is 10.1. The second kappa shape index (κ2) is 8.05. The Kier molecular flexibility index (Phi) is 5.31. The molecule has 7 heteroatoms. The van der Waals surface area contributed by atoms with Crippen molar-refractivity contribution in [3.05, 3.63) is 83.7 Å². The molecule has 1 aliphatic heterocycles. The molecule has 0 aliphatic carbocycles. The molecule has 4 rings (SSSR count). The fraction of sp³-hybridized carbons (Fsp3) is 0.182. The lowest BCUT2D eigenvalue weighted by Gasteiger charge is -2.22. The van der Waals surface area contributed by atoms with E-state index >= 15 is 0 Å². The smallest absolute Gasteiger partial charge is 0.251 e. The SMILES string of the molecule is Cc1cc(-c2ncc(CN3C=C(c4ccccn4)SC3C(N)=O)cc2C)ccn1. The van der Waals surface area contributed by atoms with Crippen molar-refractivity contribution in [2.75, 3.05) is 0 Å². The minimum Gasteiger partial charge on any atom is -0.367 e. The summed E-state index contributed by atoms with van der Waals surface area (Å²) in [6, 6.07) is 11.8. The minimum atomic E-state index is -0.463. The summed E-state index contributed by atoms with van der Waals surface area (Å²) in [5.74, 6) is -0.370. The Bertz CT molecular complexity index is 1080. The maximum atomic E-state index is 12.0. The average Bonchev–Trinajstić information content (AvgIpc) is 3.13. The molecule has 0 spiro atoms. The average molecular weight is 404 g/mol. The van der Waals surface area contributed by atoms with E-state index < -0.39 is 5.37 Å². The maximum absolute atomic E-state index is 12.0. The quantitative estimate of drug-likeness (QED) is 0.702. The van der Waals surface area contributed by atoms with Gasteiger partial charge in [-0.15, -0.1) is 0 Å². The number of pyridine rings is 3. The first-order valence-electron chi connectivity index (χ1n) is 9.25. The monoisotopic (exact) mass is 403 g/mol. The molecule has 1 aliphatic rings. The number of hydrogen-bond acceptors (Lipinski definition) is 6. The summed E-state index contributed by atoms with van der Waals surface area (Å²) >= 11 is 1.43. The van der Waals surface area contributed by atoms with Gasteiger partial charge in [0.05, 0.1) is 16.3 Å². The van der Waals surface area contributed by atoms with Crippen molar-refractivity contribution in [2.45, 2.75) is 25.8 Å². The van der Waals surface area contributed by atoms with Crippen LogP contribution in [0.2, 0.25) is 0 Å². The highest BCUT2D eigenvalue weighted by Crippen LogP contribution is 2.39. The van der Waals surface area contributed by atoms with Crippen LogP contribution in [0.4, 0.5) is 0 Å². The number of primary amides is 1. The van der Waals surface area contributed by atoms with E-state index in [9.17, 15) is 4.79 Å². The summed E-state index contributed by atoms with van der Waals surface area (Å²) in [6.07, 6.45) is 7.35. The van der Waals surface area contributed by atoms with Crippen LogP contribution >= 0.6 is 11.8 Å². The molecule has 1 unspecified atom stereocenters. The highest BCUT2D eigenvalue weighted by Gasteiger charge is 2.31.